The first-order chi connectivity index (χ1) is 8.74. The number of pyridine rings is 1. The summed E-state index contributed by atoms with van der Waals surface area (Å²) in [4.78, 5) is 8.83. The van der Waals surface area contributed by atoms with Gasteiger partial charge in [0.1, 0.15) is 0 Å². The van der Waals surface area contributed by atoms with Crippen LogP contribution < -0.4 is 5.32 Å². The molecule has 100 valence electrons. The first-order valence-corrected chi connectivity index (χ1v) is 6.73. The molecule has 2 rings (SSSR count). The van der Waals surface area contributed by atoms with Crippen LogP contribution >= 0.6 is 0 Å². The topological polar surface area (TPSA) is 31.4 Å². The van der Waals surface area contributed by atoms with E-state index in [2.05, 4.69) is 46.3 Å². The smallest absolute Gasteiger partial charge is 0.0271 e. The van der Waals surface area contributed by atoms with Crippen molar-refractivity contribution in [1.82, 2.24) is 20.1 Å². The van der Waals surface area contributed by atoms with Crippen LogP contribution in [-0.2, 0) is 6.54 Å². The van der Waals surface area contributed by atoms with Crippen molar-refractivity contribution in [3.63, 3.8) is 0 Å². The Morgan fingerprint density at radius 1 is 1.44 bits per heavy atom. The van der Waals surface area contributed by atoms with E-state index >= 15 is 0 Å². The Morgan fingerprint density at radius 2 is 2.22 bits per heavy atom. The lowest BCUT2D eigenvalue weighted by Gasteiger charge is -2.32. The van der Waals surface area contributed by atoms with E-state index in [1.165, 1.54) is 25.1 Å². The molecule has 1 fully saturated rings. The zero-order chi connectivity index (χ0) is 12.8. The van der Waals surface area contributed by atoms with Gasteiger partial charge in [-0.05, 0) is 44.8 Å². The highest BCUT2D eigenvalue weighted by atomic mass is 15.2. The van der Waals surface area contributed by atoms with Crippen LogP contribution in [0.15, 0.2) is 24.5 Å². The third-order valence-electron chi connectivity index (χ3n) is 3.52. The maximum atomic E-state index is 4.05. The molecule has 0 bridgehead atoms. The molecule has 4 nitrogen and oxygen atoms in total. The largest absolute Gasteiger partial charge is 0.311 e. The van der Waals surface area contributed by atoms with E-state index < -0.39 is 0 Å². The van der Waals surface area contributed by atoms with Gasteiger partial charge in [-0.15, -0.1) is 0 Å². The van der Waals surface area contributed by atoms with Crippen molar-refractivity contribution in [2.75, 3.05) is 40.3 Å². The zero-order valence-corrected chi connectivity index (χ0v) is 11.5. The Bertz CT molecular complexity index is 341. The summed E-state index contributed by atoms with van der Waals surface area (Å²) < 4.78 is 0. The molecule has 0 aliphatic carbocycles. The number of rotatable bonds is 5. The van der Waals surface area contributed by atoms with Gasteiger partial charge in [0.15, 0.2) is 0 Å². The molecule has 1 N–H and O–H groups in total. The highest BCUT2D eigenvalue weighted by Crippen LogP contribution is 2.05. The minimum atomic E-state index is 0.642. The fourth-order valence-electron chi connectivity index (χ4n) is 2.44. The van der Waals surface area contributed by atoms with Gasteiger partial charge in [0.05, 0.1) is 0 Å². The highest BCUT2D eigenvalue weighted by molar-refractivity contribution is 5.09. The van der Waals surface area contributed by atoms with Crippen LogP contribution in [0.2, 0.25) is 0 Å². The summed E-state index contributed by atoms with van der Waals surface area (Å²) in [6, 6.07) is 4.82. The minimum Gasteiger partial charge on any atom is -0.311 e. The van der Waals surface area contributed by atoms with Crippen LogP contribution in [0.3, 0.4) is 0 Å². The molecule has 4 heteroatoms. The van der Waals surface area contributed by atoms with Gasteiger partial charge < -0.3 is 15.1 Å². The molecule has 1 unspecified atom stereocenters. The van der Waals surface area contributed by atoms with Gasteiger partial charge in [-0.1, -0.05) is 0 Å². The quantitative estimate of drug-likeness (QED) is 0.835. The van der Waals surface area contributed by atoms with Crippen LogP contribution in [0, 0.1) is 0 Å². The Balaban J connectivity index is 1.70. The summed E-state index contributed by atoms with van der Waals surface area (Å²) in [6.45, 7) is 5.60. The molecule has 1 aliphatic heterocycles. The van der Waals surface area contributed by atoms with Crippen molar-refractivity contribution in [2.24, 2.45) is 0 Å². The summed E-state index contributed by atoms with van der Waals surface area (Å²) >= 11 is 0. The summed E-state index contributed by atoms with van der Waals surface area (Å²) in [5.41, 5.74) is 1.33. The first kappa shape index (κ1) is 13.5. The van der Waals surface area contributed by atoms with E-state index in [1.807, 2.05) is 12.4 Å². The van der Waals surface area contributed by atoms with Gasteiger partial charge in [-0.25, -0.2) is 0 Å². The van der Waals surface area contributed by atoms with Gasteiger partial charge in [0.25, 0.3) is 0 Å². The Labute approximate surface area is 110 Å². The van der Waals surface area contributed by atoms with Crippen LogP contribution in [0.5, 0.6) is 0 Å². The molecule has 1 aromatic heterocycles. The number of aromatic nitrogens is 1. The molecular formula is C14H24N4. The third-order valence-corrected chi connectivity index (χ3v) is 3.52. The van der Waals surface area contributed by atoms with Crippen LogP contribution in [0.25, 0.3) is 0 Å². The zero-order valence-electron chi connectivity index (χ0n) is 11.5. The van der Waals surface area contributed by atoms with E-state index in [9.17, 15) is 0 Å². The Morgan fingerprint density at radius 3 is 2.94 bits per heavy atom. The highest BCUT2D eigenvalue weighted by Gasteiger charge is 2.16. The Kier molecular flexibility index (Phi) is 5.11. The second kappa shape index (κ2) is 6.83. The predicted molar refractivity (Wildman–Crippen MR) is 74.5 cm³/mol. The molecule has 0 aromatic carbocycles. The number of hydrogen-bond donors (Lipinski definition) is 1. The lowest BCUT2D eigenvalue weighted by atomic mass is 10.1. The molecule has 0 radical (unpaired) electrons. The monoisotopic (exact) mass is 248 g/mol. The maximum absolute atomic E-state index is 4.05. The summed E-state index contributed by atoms with van der Waals surface area (Å²) in [5.74, 6) is 0. The van der Waals surface area contributed by atoms with Crippen molar-refractivity contribution in [3.05, 3.63) is 30.1 Å². The SMILES string of the molecule is CN(CCC1CN(C)CCN1)Cc1ccncc1. The van der Waals surface area contributed by atoms with Gasteiger partial charge >= 0.3 is 0 Å². The summed E-state index contributed by atoms with van der Waals surface area (Å²) in [5, 5.41) is 3.59. The fourth-order valence-corrected chi connectivity index (χ4v) is 2.44. The van der Waals surface area contributed by atoms with E-state index in [4.69, 9.17) is 0 Å². The normalized spacial score (nSPS) is 21.4. The second-order valence-corrected chi connectivity index (χ2v) is 5.30. The number of nitrogens with one attached hydrogen (secondary N) is 1. The average molecular weight is 248 g/mol. The fraction of sp³-hybridized carbons (Fsp3) is 0.643. The van der Waals surface area contributed by atoms with Gasteiger partial charge in [-0.3, -0.25) is 4.98 Å². The van der Waals surface area contributed by atoms with Crippen LogP contribution in [0.4, 0.5) is 0 Å². The predicted octanol–water partition coefficient (Wildman–Crippen LogP) is 0.807. The van der Waals surface area contributed by atoms with Crippen molar-refractivity contribution in [3.8, 4) is 0 Å². The summed E-state index contributed by atoms with van der Waals surface area (Å²) in [7, 11) is 4.39. The molecule has 1 aliphatic rings. The van der Waals surface area contributed by atoms with Gasteiger partial charge in [0.2, 0.25) is 0 Å². The molecule has 0 spiro atoms. The van der Waals surface area contributed by atoms with Crippen LogP contribution in [0.1, 0.15) is 12.0 Å². The van der Waals surface area contributed by atoms with Crippen molar-refractivity contribution in [2.45, 2.75) is 19.0 Å². The molecule has 1 atom stereocenters. The van der Waals surface area contributed by atoms with E-state index in [0.29, 0.717) is 6.04 Å². The van der Waals surface area contributed by atoms with Crippen molar-refractivity contribution < 1.29 is 0 Å². The van der Waals surface area contributed by atoms with Gasteiger partial charge in [0, 0.05) is 44.6 Å². The molecule has 2 heterocycles. The number of nitrogens with zero attached hydrogens (tertiary/aromatic N) is 3. The maximum Gasteiger partial charge on any atom is 0.0271 e. The molecule has 18 heavy (non-hydrogen) atoms. The van der Waals surface area contributed by atoms with Gasteiger partial charge in [-0.2, -0.15) is 0 Å². The number of piperazine rings is 1. The lowest BCUT2D eigenvalue weighted by molar-refractivity contribution is 0.212. The number of hydrogen-bond acceptors (Lipinski definition) is 4. The van der Waals surface area contributed by atoms with Crippen molar-refractivity contribution in [1.29, 1.82) is 0 Å². The Hall–Kier alpha value is -0.970. The minimum absolute atomic E-state index is 0.642. The van der Waals surface area contributed by atoms with E-state index in [-0.39, 0.29) is 0 Å². The molecule has 1 saturated heterocycles. The summed E-state index contributed by atoms with van der Waals surface area (Å²) in [6.07, 6.45) is 4.94. The van der Waals surface area contributed by atoms with E-state index in [0.717, 1.165) is 19.6 Å². The molecular weight excluding hydrogens is 224 g/mol. The molecule has 0 amide bonds. The number of likely N-dealkylation sites (N-methyl/N-ethyl adjacent to an activating group) is 1. The van der Waals surface area contributed by atoms with E-state index in [1.54, 1.807) is 0 Å². The molecule has 0 saturated carbocycles. The average Bonchev–Trinajstić information content (AvgIpc) is 2.38. The van der Waals surface area contributed by atoms with Crippen LogP contribution in [-0.4, -0.2) is 61.1 Å². The lowest BCUT2D eigenvalue weighted by Crippen LogP contribution is -2.49. The molecule has 1 aromatic rings. The van der Waals surface area contributed by atoms with Crippen molar-refractivity contribution >= 4 is 0 Å². The second-order valence-electron chi connectivity index (χ2n) is 5.30. The third kappa shape index (κ3) is 4.37. The first-order valence-electron chi connectivity index (χ1n) is 6.73. The standard InChI is InChI=1S/C14H24N4/c1-17(11-13-3-6-15-7-4-13)9-5-14-12-18(2)10-8-16-14/h3-4,6-7,14,16H,5,8-12H2,1-2H3.